The molecule has 0 aliphatic carbocycles. The third-order valence-corrected chi connectivity index (χ3v) is 2.16. The zero-order valence-electron chi connectivity index (χ0n) is 8.93. The average Bonchev–Trinajstić information content (AvgIpc) is 2.26. The van der Waals surface area contributed by atoms with Gasteiger partial charge in [-0.3, -0.25) is 4.79 Å². The summed E-state index contributed by atoms with van der Waals surface area (Å²) in [6, 6.07) is 7.53. The normalized spacial score (nSPS) is 9.73. The zero-order chi connectivity index (χ0) is 11.3. The van der Waals surface area contributed by atoms with E-state index in [1.807, 2.05) is 36.2 Å². The van der Waals surface area contributed by atoms with Gasteiger partial charge in [0, 0.05) is 25.3 Å². The van der Waals surface area contributed by atoms with Crippen molar-refractivity contribution in [2.45, 2.75) is 6.42 Å². The number of hydrogen-bond donors (Lipinski definition) is 1. The van der Waals surface area contributed by atoms with Crippen LogP contribution in [0.4, 0.5) is 5.69 Å². The number of carboxylic acid groups (broad SMARTS) is 1. The number of rotatable bonds is 5. The largest absolute Gasteiger partial charge is 0.497 e. The average molecular weight is 209 g/mol. The zero-order valence-corrected chi connectivity index (χ0v) is 8.93. The number of nitrogens with zero attached hydrogens (tertiary/aromatic N) is 1. The molecule has 82 valence electrons. The lowest BCUT2D eigenvalue weighted by Crippen LogP contribution is -2.20. The molecule has 15 heavy (non-hydrogen) atoms. The molecule has 0 saturated heterocycles. The number of benzene rings is 1. The number of hydrogen-bond acceptors (Lipinski definition) is 3. The van der Waals surface area contributed by atoms with Crippen LogP contribution in [0.1, 0.15) is 6.42 Å². The van der Waals surface area contributed by atoms with Crippen molar-refractivity contribution in [1.82, 2.24) is 0 Å². The van der Waals surface area contributed by atoms with Crippen molar-refractivity contribution in [3.63, 3.8) is 0 Å². The highest BCUT2D eigenvalue weighted by molar-refractivity contribution is 5.67. The minimum Gasteiger partial charge on any atom is -0.497 e. The van der Waals surface area contributed by atoms with Gasteiger partial charge in [-0.15, -0.1) is 0 Å². The molecule has 0 atom stereocenters. The van der Waals surface area contributed by atoms with E-state index < -0.39 is 5.97 Å². The second-order valence-corrected chi connectivity index (χ2v) is 3.27. The van der Waals surface area contributed by atoms with Gasteiger partial charge in [0.25, 0.3) is 0 Å². The molecule has 0 fully saturated rings. The van der Waals surface area contributed by atoms with E-state index in [1.54, 1.807) is 7.11 Å². The molecular weight excluding hydrogens is 194 g/mol. The van der Waals surface area contributed by atoms with E-state index in [4.69, 9.17) is 9.84 Å². The van der Waals surface area contributed by atoms with Crippen molar-refractivity contribution in [3.05, 3.63) is 24.3 Å². The van der Waals surface area contributed by atoms with Gasteiger partial charge in [-0.05, 0) is 12.1 Å². The fraction of sp³-hybridized carbons (Fsp3) is 0.364. The number of aliphatic carboxylic acids is 1. The van der Waals surface area contributed by atoms with E-state index in [1.165, 1.54) is 0 Å². The Bertz CT molecular complexity index is 338. The minimum atomic E-state index is -0.787. The first-order valence-corrected chi connectivity index (χ1v) is 4.70. The molecule has 1 N–H and O–H groups in total. The molecule has 1 aromatic rings. The smallest absolute Gasteiger partial charge is 0.305 e. The molecule has 0 saturated carbocycles. The fourth-order valence-corrected chi connectivity index (χ4v) is 1.24. The van der Waals surface area contributed by atoms with Gasteiger partial charge in [0.15, 0.2) is 0 Å². The fourth-order valence-electron chi connectivity index (χ4n) is 1.24. The number of methoxy groups -OCH3 is 1. The van der Waals surface area contributed by atoms with Gasteiger partial charge in [0.05, 0.1) is 13.5 Å². The lowest BCUT2D eigenvalue weighted by Gasteiger charge is -2.18. The van der Waals surface area contributed by atoms with Gasteiger partial charge in [0.1, 0.15) is 5.75 Å². The van der Waals surface area contributed by atoms with E-state index >= 15 is 0 Å². The molecule has 0 aliphatic heterocycles. The summed E-state index contributed by atoms with van der Waals surface area (Å²) in [4.78, 5) is 12.3. The van der Waals surface area contributed by atoms with Crippen LogP contribution in [0.5, 0.6) is 5.75 Å². The van der Waals surface area contributed by atoms with Gasteiger partial charge in [0.2, 0.25) is 0 Å². The molecule has 0 heterocycles. The minimum absolute atomic E-state index is 0.133. The number of carboxylic acids is 1. The first kappa shape index (κ1) is 11.4. The number of anilines is 1. The second kappa shape index (κ2) is 5.24. The van der Waals surface area contributed by atoms with Crippen LogP contribution >= 0.6 is 0 Å². The summed E-state index contributed by atoms with van der Waals surface area (Å²) < 4.78 is 5.09. The van der Waals surface area contributed by atoms with Crippen LogP contribution in [-0.2, 0) is 4.79 Å². The summed E-state index contributed by atoms with van der Waals surface area (Å²) in [5.41, 5.74) is 0.954. The topological polar surface area (TPSA) is 49.8 Å². The summed E-state index contributed by atoms with van der Waals surface area (Å²) in [7, 11) is 3.47. The van der Waals surface area contributed by atoms with Crippen molar-refractivity contribution in [1.29, 1.82) is 0 Å². The second-order valence-electron chi connectivity index (χ2n) is 3.27. The van der Waals surface area contributed by atoms with Crippen LogP contribution in [0.3, 0.4) is 0 Å². The molecule has 0 aliphatic rings. The maximum absolute atomic E-state index is 10.4. The maximum atomic E-state index is 10.4. The molecule has 0 spiro atoms. The Hall–Kier alpha value is -1.71. The summed E-state index contributed by atoms with van der Waals surface area (Å²) in [5.74, 6) is -0.0144. The first-order chi connectivity index (χ1) is 7.13. The quantitative estimate of drug-likeness (QED) is 0.800. The van der Waals surface area contributed by atoms with Crippen LogP contribution in [0.15, 0.2) is 24.3 Å². The van der Waals surface area contributed by atoms with Gasteiger partial charge in [-0.1, -0.05) is 6.07 Å². The number of ether oxygens (including phenoxy) is 1. The predicted molar refractivity (Wildman–Crippen MR) is 58.5 cm³/mol. The molecule has 1 rings (SSSR count). The summed E-state index contributed by atoms with van der Waals surface area (Å²) in [6.07, 6.45) is 0.133. The first-order valence-electron chi connectivity index (χ1n) is 4.70. The Balaban J connectivity index is 2.64. The summed E-state index contributed by atoms with van der Waals surface area (Å²) >= 11 is 0. The van der Waals surface area contributed by atoms with E-state index in [-0.39, 0.29) is 6.42 Å². The van der Waals surface area contributed by atoms with Gasteiger partial charge >= 0.3 is 5.97 Å². The maximum Gasteiger partial charge on any atom is 0.305 e. The Morgan fingerprint density at radius 3 is 2.87 bits per heavy atom. The molecule has 1 aromatic carbocycles. The molecule has 0 radical (unpaired) electrons. The Morgan fingerprint density at radius 1 is 1.53 bits per heavy atom. The van der Waals surface area contributed by atoms with Crippen LogP contribution in [0, 0.1) is 0 Å². The molecule has 4 nitrogen and oxygen atoms in total. The van der Waals surface area contributed by atoms with Crippen LogP contribution in [-0.4, -0.2) is 31.8 Å². The Morgan fingerprint density at radius 2 is 2.27 bits per heavy atom. The predicted octanol–water partition coefficient (Wildman–Crippen LogP) is 1.61. The molecular formula is C11H15NO3. The van der Waals surface area contributed by atoms with E-state index in [2.05, 4.69) is 0 Å². The van der Waals surface area contributed by atoms with E-state index in [0.717, 1.165) is 11.4 Å². The third-order valence-electron chi connectivity index (χ3n) is 2.16. The SMILES string of the molecule is COc1cccc(N(C)CCC(=O)O)c1. The lowest BCUT2D eigenvalue weighted by atomic mass is 10.2. The van der Waals surface area contributed by atoms with Crippen molar-refractivity contribution in [3.8, 4) is 5.75 Å². The van der Waals surface area contributed by atoms with Gasteiger partial charge in [-0.2, -0.15) is 0 Å². The van der Waals surface area contributed by atoms with Gasteiger partial charge in [-0.25, -0.2) is 0 Å². The Kier molecular flexibility index (Phi) is 3.97. The van der Waals surface area contributed by atoms with Crippen molar-refractivity contribution < 1.29 is 14.6 Å². The van der Waals surface area contributed by atoms with Crippen molar-refractivity contribution in [2.75, 3.05) is 25.6 Å². The van der Waals surface area contributed by atoms with Crippen LogP contribution < -0.4 is 9.64 Å². The summed E-state index contributed by atoms with van der Waals surface area (Å²) in [6.45, 7) is 0.489. The highest BCUT2D eigenvalue weighted by Gasteiger charge is 2.04. The van der Waals surface area contributed by atoms with Crippen molar-refractivity contribution in [2.24, 2.45) is 0 Å². The monoisotopic (exact) mass is 209 g/mol. The third kappa shape index (κ3) is 3.50. The molecule has 4 heteroatoms. The molecule has 0 amide bonds. The van der Waals surface area contributed by atoms with Crippen LogP contribution in [0.2, 0.25) is 0 Å². The molecule has 0 aromatic heterocycles. The van der Waals surface area contributed by atoms with Gasteiger partial charge < -0.3 is 14.7 Å². The standard InChI is InChI=1S/C11H15NO3/c1-12(7-6-11(13)14)9-4-3-5-10(8-9)15-2/h3-5,8H,6-7H2,1-2H3,(H,13,14). The highest BCUT2D eigenvalue weighted by atomic mass is 16.5. The van der Waals surface area contributed by atoms with E-state index in [0.29, 0.717) is 6.54 Å². The van der Waals surface area contributed by atoms with Crippen molar-refractivity contribution >= 4 is 11.7 Å². The van der Waals surface area contributed by atoms with E-state index in [9.17, 15) is 4.79 Å². The Labute approximate surface area is 89.1 Å². The highest BCUT2D eigenvalue weighted by Crippen LogP contribution is 2.19. The lowest BCUT2D eigenvalue weighted by molar-refractivity contribution is -0.136. The summed E-state index contributed by atoms with van der Waals surface area (Å²) in [5, 5.41) is 8.56. The molecule has 0 bridgehead atoms. The number of carbonyl (C=O) groups is 1. The molecule has 0 unspecified atom stereocenters. The van der Waals surface area contributed by atoms with Crippen LogP contribution in [0.25, 0.3) is 0 Å².